The Balaban J connectivity index is 2.63. The Kier molecular flexibility index (Phi) is 5.46. The summed E-state index contributed by atoms with van der Waals surface area (Å²) in [4.78, 5) is 15.3. The summed E-state index contributed by atoms with van der Waals surface area (Å²) < 4.78 is 16.9. The molecule has 1 heterocycles. The largest absolute Gasteiger partial charge is 0.462 e. The molecule has 1 amide bonds. The quantitative estimate of drug-likeness (QED) is 0.640. The van der Waals surface area contributed by atoms with Gasteiger partial charge >= 0.3 is 13.2 Å². The van der Waals surface area contributed by atoms with Crippen LogP contribution in [-0.4, -0.2) is 36.2 Å². The van der Waals surface area contributed by atoms with Crippen LogP contribution in [0.4, 0.5) is 4.79 Å². The third-order valence-corrected chi connectivity index (χ3v) is 3.65. The number of carbonyl (C=O) groups is 1. The highest BCUT2D eigenvalue weighted by Gasteiger charge is 2.50. The molecule has 0 atom stereocenters. The summed E-state index contributed by atoms with van der Waals surface area (Å²) in [5.74, 6) is 0. The first-order valence-electron chi connectivity index (χ1n) is 7.40. The van der Waals surface area contributed by atoms with Crippen LogP contribution in [0.1, 0.15) is 48.5 Å². The van der Waals surface area contributed by atoms with Gasteiger partial charge in [-0.3, -0.25) is 0 Å². The lowest BCUT2D eigenvalue weighted by atomic mass is 9.81. The van der Waals surface area contributed by atoms with Crippen LogP contribution in [0.25, 0.3) is 0 Å². The predicted octanol–water partition coefficient (Wildman–Crippen LogP) is 2.93. The van der Waals surface area contributed by atoms with Crippen molar-refractivity contribution < 1.29 is 18.8 Å². The predicted molar refractivity (Wildman–Crippen MR) is 87.9 cm³/mol. The van der Waals surface area contributed by atoms with Gasteiger partial charge in [-0.1, -0.05) is 0 Å². The van der Waals surface area contributed by atoms with Crippen LogP contribution in [0.3, 0.4) is 0 Å². The van der Waals surface area contributed by atoms with Crippen molar-refractivity contribution in [2.24, 2.45) is 10.7 Å². The maximum Gasteiger partial charge on any atom is 0.462 e. The second-order valence-electron chi connectivity index (χ2n) is 7.37. The van der Waals surface area contributed by atoms with E-state index in [1.807, 2.05) is 27.7 Å². The van der Waals surface area contributed by atoms with Crippen molar-refractivity contribution in [1.29, 1.82) is 0 Å². The summed E-state index contributed by atoms with van der Waals surface area (Å²) in [7, 11) is -0.426. The average molecular weight is 310 g/mol. The van der Waals surface area contributed by atoms with Gasteiger partial charge in [-0.2, -0.15) is 4.99 Å². The van der Waals surface area contributed by atoms with Gasteiger partial charge in [-0.25, -0.2) is 4.79 Å². The monoisotopic (exact) mass is 310 g/mol. The van der Waals surface area contributed by atoms with Gasteiger partial charge in [0.15, 0.2) is 0 Å². The summed E-state index contributed by atoms with van der Waals surface area (Å²) >= 11 is 0. The number of rotatable bonds is 3. The molecule has 1 aliphatic rings. The van der Waals surface area contributed by atoms with Crippen molar-refractivity contribution in [3.8, 4) is 0 Å². The van der Waals surface area contributed by atoms with E-state index in [-0.39, 0.29) is 0 Å². The molecule has 7 heteroatoms. The minimum Gasteiger partial charge on any atom is -0.442 e. The first-order chi connectivity index (χ1) is 9.86. The van der Waals surface area contributed by atoms with Gasteiger partial charge in [0.1, 0.15) is 5.60 Å². The molecule has 0 aliphatic carbocycles. The summed E-state index contributed by atoms with van der Waals surface area (Å²) in [5, 5.41) is 0. The lowest BCUT2D eigenvalue weighted by Crippen LogP contribution is -2.41. The molecule has 1 aliphatic heterocycles. The second kappa shape index (κ2) is 6.42. The van der Waals surface area contributed by atoms with Crippen LogP contribution in [0.15, 0.2) is 16.8 Å². The normalized spacial score (nSPS) is 21.4. The molecule has 22 heavy (non-hydrogen) atoms. The van der Waals surface area contributed by atoms with Crippen LogP contribution in [-0.2, 0) is 14.0 Å². The standard InChI is InChI=1S/C15H27BN2O4/c1-13(2,3)20-12(19)18-10-11(9-17)8-16-21-14(4,5)15(6,7)22-16/h9-10H,8,17H2,1-7H3. The topological polar surface area (TPSA) is 83.1 Å². The van der Waals surface area contributed by atoms with Crippen LogP contribution in [0, 0.1) is 0 Å². The Labute approximate surface area is 133 Å². The molecule has 0 aromatic heterocycles. The number of nitrogens with zero attached hydrogens (tertiary/aromatic N) is 1. The molecule has 0 unspecified atom stereocenters. The Morgan fingerprint density at radius 2 is 1.73 bits per heavy atom. The van der Waals surface area contributed by atoms with Crippen molar-refractivity contribution in [3.63, 3.8) is 0 Å². The van der Waals surface area contributed by atoms with Crippen molar-refractivity contribution >= 4 is 19.4 Å². The van der Waals surface area contributed by atoms with E-state index >= 15 is 0 Å². The number of allylic oxidation sites excluding steroid dienone is 1. The van der Waals surface area contributed by atoms with E-state index in [1.54, 1.807) is 20.8 Å². The van der Waals surface area contributed by atoms with Gasteiger partial charge < -0.3 is 19.8 Å². The van der Waals surface area contributed by atoms with E-state index < -0.39 is 30.0 Å². The molecule has 0 aromatic carbocycles. The highest BCUT2D eigenvalue weighted by Crippen LogP contribution is 2.38. The van der Waals surface area contributed by atoms with E-state index in [9.17, 15) is 4.79 Å². The van der Waals surface area contributed by atoms with Gasteiger partial charge in [0.25, 0.3) is 0 Å². The zero-order chi connectivity index (χ0) is 17.2. The molecule has 1 rings (SSSR count). The maximum absolute atomic E-state index is 11.6. The minimum absolute atomic E-state index is 0.403. The number of ether oxygens (including phenoxy) is 1. The van der Waals surface area contributed by atoms with Crippen LogP contribution in [0.2, 0.25) is 6.32 Å². The second-order valence-corrected chi connectivity index (χ2v) is 7.37. The molecule has 124 valence electrons. The average Bonchev–Trinajstić information content (AvgIpc) is 2.50. The summed E-state index contributed by atoms with van der Waals surface area (Å²) in [6.07, 6.45) is 2.54. The van der Waals surface area contributed by atoms with E-state index in [0.717, 1.165) is 0 Å². The Morgan fingerprint density at radius 3 is 2.14 bits per heavy atom. The third kappa shape index (κ3) is 5.14. The van der Waals surface area contributed by atoms with Crippen molar-refractivity contribution in [2.45, 2.75) is 71.6 Å². The third-order valence-electron chi connectivity index (χ3n) is 3.65. The number of amides is 1. The van der Waals surface area contributed by atoms with Gasteiger partial charge in [0.05, 0.1) is 11.2 Å². The molecule has 2 N–H and O–H groups in total. The zero-order valence-electron chi connectivity index (χ0n) is 14.6. The van der Waals surface area contributed by atoms with Crippen LogP contribution in [0.5, 0.6) is 0 Å². The highest BCUT2D eigenvalue weighted by molar-refractivity contribution is 6.47. The van der Waals surface area contributed by atoms with Gasteiger partial charge in [0, 0.05) is 12.5 Å². The molecule has 0 bridgehead atoms. The Hall–Kier alpha value is -1.34. The number of hydrogen-bond acceptors (Lipinski definition) is 5. The number of hydrogen-bond donors (Lipinski definition) is 1. The smallest absolute Gasteiger partial charge is 0.442 e. The molecule has 1 fully saturated rings. The number of nitrogens with two attached hydrogens (primary N) is 1. The fourth-order valence-electron chi connectivity index (χ4n) is 1.83. The molecular formula is C15H27BN2O4. The zero-order valence-corrected chi connectivity index (χ0v) is 14.6. The lowest BCUT2D eigenvalue weighted by Gasteiger charge is -2.32. The fourth-order valence-corrected chi connectivity index (χ4v) is 1.83. The van der Waals surface area contributed by atoms with Crippen molar-refractivity contribution in [1.82, 2.24) is 0 Å². The van der Waals surface area contributed by atoms with E-state index in [1.165, 1.54) is 12.4 Å². The Morgan fingerprint density at radius 1 is 1.23 bits per heavy atom. The lowest BCUT2D eigenvalue weighted by molar-refractivity contribution is 0.00578. The van der Waals surface area contributed by atoms with Crippen molar-refractivity contribution in [2.75, 3.05) is 0 Å². The summed E-state index contributed by atoms with van der Waals surface area (Å²) in [5.41, 5.74) is 4.84. The van der Waals surface area contributed by atoms with Gasteiger partial charge in [-0.15, -0.1) is 0 Å². The minimum atomic E-state index is -0.652. The number of aliphatic imine (C=N–C) groups is 1. The Bertz CT molecular complexity index is 462. The molecule has 0 radical (unpaired) electrons. The summed E-state index contributed by atoms with van der Waals surface area (Å²) in [6, 6.07) is 0. The number of carbonyl (C=O) groups excluding carboxylic acids is 1. The molecule has 0 spiro atoms. The molecule has 0 saturated carbocycles. The maximum atomic E-state index is 11.6. The molecule has 1 saturated heterocycles. The SMILES string of the molecule is CC(C)(C)OC(=O)N=CC(=CN)CB1OC(C)(C)C(C)(C)O1. The first-order valence-corrected chi connectivity index (χ1v) is 7.40. The van der Waals surface area contributed by atoms with Gasteiger partial charge in [0.2, 0.25) is 0 Å². The fraction of sp³-hybridized carbons (Fsp3) is 0.733. The van der Waals surface area contributed by atoms with Crippen LogP contribution >= 0.6 is 0 Å². The highest BCUT2D eigenvalue weighted by atomic mass is 16.7. The van der Waals surface area contributed by atoms with Crippen molar-refractivity contribution in [3.05, 3.63) is 11.8 Å². The van der Waals surface area contributed by atoms with E-state index in [0.29, 0.717) is 11.9 Å². The molecular weight excluding hydrogens is 283 g/mol. The molecule has 0 aromatic rings. The summed E-state index contributed by atoms with van der Waals surface area (Å²) in [6.45, 7) is 13.3. The first kappa shape index (κ1) is 18.7. The van der Waals surface area contributed by atoms with E-state index in [2.05, 4.69) is 4.99 Å². The van der Waals surface area contributed by atoms with Gasteiger partial charge in [-0.05, 0) is 60.2 Å². The van der Waals surface area contributed by atoms with Crippen LogP contribution < -0.4 is 5.73 Å². The van der Waals surface area contributed by atoms with E-state index in [4.69, 9.17) is 19.8 Å². The molecule has 6 nitrogen and oxygen atoms in total.